The van der Waals surface area contributed by atoms with Gasteiger partial charge in [-0.3, -0.25) is 4.79 Å². The summed E-state index contributed by atoms with van der Waals surface area (Å²) in [6.45, 7) is 3.14. The Morgan fingerprint density at radius 3 is 2.53 bits per heavy atom. The summed E-state index contributed by atoms with van der Waals surface area (Å²) in [5, 5.41) is 0.701. The fourth-order valence-corrected chi connectivity index (χ4v) is 2.36. The van der Waals surface area contributed by atoms with Gasteiger partial charge in [0.25, 0.3) is 6.47 Å². The summed E-state index contributed by atoms with van der Waals surface area (Å²) >= 11 is 0. The van der Waals surface area contributed by atoms with E-state index in [2.05, 4.69) is 16.7 Å². The molecule has 1 aliphatic heterocycles. The molecule has 1 fully saturated rings. The van der Waals surface area contributed by atoms with Crippen LogP contribution in [0, 0.1) is 0 Å². The number of carbonyl (C=O) groups excluding carboxylic acids is 1. The number of halogens is 1. The van der Waals surface area contributed by atoms with Crippen LogP contribution in [0.1, 0.15) is 5.56 Å². The average molecular weight is 274 g/mol. The van der Waals surface area contributed by atoms with Crippen molar-refractivity contribution in [1.82, 2.24) is 4.90 Å². The molecule has 0 saturated carbocycles. The number of benzene rings is 1. The maximum atomic E-state index is 9.76. The van der Waals surface area contributed by atoms with E-state index < -0.39 is 0 Å². The van der Waals surface area contributed by atoms with E-state index in [0.717, 1.165) is 18.7 Å². The molecule has 1 aromatic carbocycles. The molecule has 2 rings (SSSR count). The van der Waals surface area contributed by atoms with Crippen molar-refractivity contribution in [3.8, 4) is 0 Å². The van der Waals surface area contributed by atoms with Crippen molar-refractivity contribution < 1.29 is 9.53 Å². The van der Waals surface area contributed by atoms with Gasteiger partial charge < -0.3 is 9.64 Å². The Bertz CT molecular complexity index is 318. The van der Waals surface area contributed by atoms with Crippen molar-refractivity contribution in [2.75, 3.05) is 20.1 Å². The molecule has 0 aromatic heterocycles. The minimum Gasteiger partial charge on any atom is -0.463 e. The Labute approximate surface area is 111 Å². The molecule has 3 nitrogen and oxygen atoms in total. The molecule has 1 heterocycles. The van der Waals surface area contributed by atoms with Crippen molar-refractivity contribution in [2.24, 2.45) is 0 Å². The summed E-state index contributed by atoms with van der Waals surface area (Å²) < 4.78 is 4.54. The average Bonchev–Trinajstić information content (AvgIpc) is 2.34. The van der Waals surface area contributed by atoms with E-state index in [0.29, 0.717) is 18.3 Å². The van der Waals surface area contributed by atoms with E-state index >= 15 is 0 Å². The van der Waals surface area contributed by atoms with Gasteiger partial charge in [-0.05, 0) is 34.3 Å². The van der Waals surface area contributed by atoms with Gasteiger partial charge >= 0.3 is 0 Å². The monoisotopic (exact) mass is 273 g/mol. The van der Waals surface area contributed by atoms with Gasteiger partial charge in [-0.25, -0.2) is 0 Å². The highest BCUT2D eigenvalue weighted by Crippen LogP contribution is 2.23. The molecular weight excluding hydrogens is 258 g/mol. The Morgan fingerprint density at radius 2 is 2.12 bits per heavy atom. The van der Waals surface area contributed by atoms with E-state index in [4.69, 9.17) is 10.7 Å². The number of likely N-dealkylation sites (tertiary alicyclic amines) is 1. The Hall–Kier alpha value is -0.710. The molecule has 1 aliphatic rings. The largest absolute Gasteiger partial charge is 0.463 e. The second-order valence-corrected chi connectivity index (χ2v) is 5.20. The van der Waals surface area contributed by atoms with Crippen LogP contribution in [0.25, 0.3) is 0 Å². The number of nitrogens with zero attached hydrogens (tertiary/aromatic N) is 1. The summed E-state index contributed by atoms with van der Waals surface area (Å²) in [6, 6.07) is 9.55. The lowest BCUT2D eigenvalue weighted by molar-refractivity contribution is -0.129. The summed E-state index contributed by atoms with van der Waals surface area (Å²) in [6.07, 6.45) is 0. The van der Waals surface area contributed by atoms with Crippen LogP contribution in [0.15, 0.2) is 30.3 Å². The molecule has 0 spiro atoms. The van der Waals surface area contributed by atoms with Gasteiger partial charge in [0.15, 0.2) is 0 Å². The highest BCUT2D eigenvalue weighted by atomic mass is 35.7. The first-order chi connectivity index (χ1) is 8.26. The molecule has 0 aliphatic carbocycles. The summed E-state index contributed by atoms with van der Waals surface area (Å²) in [4.78, 5) is 12.0. The minimum atomic E-state index is 0.365. The molecule has 1 saturated heterocycles. The second kappa shape index (κ2) is 8.39. The highest BCUT2D eigenvalue weighted by molar-refractivity contribution is 8.21. The zero-order valence-corrected chi connectivity index (χ0v) is 11.3. The number of ether oxygens (including phenoxy) is 1. The van der Waals surface area contributed by atoms with Crippen molar-refractivity contribution in [1.29, 1.82) is 0 Å². The highest BCUT2D eigenvalue weighted by Gasteiger charge is 2.22. The molecule has 0 radical (unpaired) electrons. The molecule has 17 heavy (non-hydrogen) atoms. The van der Waals surface area contributed by atoms with Crippen LogP contribution in [0.5, 0.6) is 0 Å². The van der Waals surface area contributed by atoms with Gasteiger partial charge in [-0.15, -0.1) is 0 Å². The predicted octanol–water partition coefficient (Wildman–Crippen LogP) is 2.55. The molecule has 0 N–H and O–H groups in total. The van der Waals surface area contributed by atoms with Gasteiger partial charge in [0.2, 0.25) is 0 Å². The second-order valence-electron chi connectivity index (χ2n) is 3.83. The fraction of sp³-hybridized carbons (Fsp3) is 0.417. The third-order valence-electron chi connectivity index (χ3n) is 2.32. The summed E-state index contributed by atoms with van der Waals surface area (Å²) in [5.41, 5.74) is 1.01. The lowest BCUT2D eigenvalue weighted by atomic mass is 10.2. The zero-order chi connectivity index (χ0) is 12.5. The summed E-state index contributed by atoms with van der Waals surface area (Å²) in [5.74, 6) is 0. The van der Waals surface area contributed by atoms with Gasteiger partial charge in [-0.1, -0.05) is 30.3 Å². The molecule has 5 heteroatoms. The zero-order valence-electron chi connectivity index (χ0n) is 9.71. The molecule has 0 amide bonds. The van der Waals surface area contributed by atoms with Crippen molar-refractivity contribution in [2.45, 2.75) is 11.9 Å². The molecule has 0 atom stereocenters. The van der Waals surface area contributed by atoms with Crippen molar-refractivity contribution in [3.05, 3.63) is 35.9 Å². The Morgan fingerprint density at radius 1 is 1.47 bits per heavy atom. The first kappa shape index (κ1) is 14.4. The maximum Gasteiger partial charge on any atom is 0.293 e. The number of hydrogen-bond acceptors (Lipinski definition) is 4. The lowest BCUT2D eigenvalue weighted by Crippen LogP contribution is -2.45. The van der Waals surface area contributed by atoms with Crippen LogP contribution in [-0.2, 0) is 16.1 Å². The van der Waals surface area contributed by atoms with Crippen molar-refractivity contribution >= 4 is 28.1 Å². The third kappa shape index (κ3) is 5.96. The predicted molar refractivity (Wildman–Crippen MR) is 72.0 cm³/mol. The molecule has 94 valence electrons. The lowest BCUT2D eigenvalue weighted by Gasteiger charge is -2.33. The van der Waals surface area contributed by atoms with Gasteiger partial charge in [-0.2, -0.15) is 0 Å². The van der Waals surface area contributed by atoms with E-state index in [-0.39, 0.29) is 0 Å². The summed E-state index contributed by atoms with van der Waals surface area (Å²) in [7, 11) is 9.01. The van der Waals surface area contributed by atoms with Crippen LogP contribution in [0.3, 0.4) is 0 Å². The van der Waals surface area contributed by atoms with Crippen LogP contribution in [0.2, 0.25) is 0 Å². The first-order valence-corrected chi connectivity index (χ1v) is 7.02. The van der Waals surface area contributed by atoms with Crippen LogP contribution < -0.4 is 0 Å². The Balaban J connectivity index is 0.000000181. The Kier molecular flexibility index (Phi) is 7.08. The molecule has 1 aromatic rings. The van der Waals surface area contributed by atoms with Crippen LogP contribution >= 0.6 is 21.7 Å². The van der Waals surface area contributed by atoms with Gasteiger partial charge in [0, 0.05) is 18.3 Å². The van der Waals surface area contributed by atoms with E-state index in [1.165, 1.54) is 11.0 Å². The fourth-order valence-electron chi connectivity index (χ4n) is 1.40. The number of carbonyl (C=O) groups is 1. The van der Waals surface area contributed by atoms with Gasteiger partial charge in [0.1, 0.15) is 6.61 Å². The quantitative estimate of drug-likeness (QED) is 0.789. The first-order valence-electron chi connectivity index (χ1n) is 5.31. The van der Waals surface area contributed by atoms with Crippen LogP contribution in [-0.4, -0.2) is 36.8 Å². The number of hydrogen-bond donors (Lipinski definition) is 0. The topological polar surface area (TPSA) is 29.5 Å². The molecule has 0 unspecified atom stereocenters. The van der Waals surface area contributed by atoms with Crippen molar-refractivity contribution in [3.63, 3.8) is 0 Å². The van der Waals surface area contributed by atoms with Gasteiger partial charge in [0.05, 0.1) is 0 Å². The smallest absolute Gasteiger partial charge is 0.293 e. The van der Waals surface area contributed by atoms with E-state index in [1.807, 2.05) is 30.3 Å². The maximum absolute atomic E-state index is 9.76. The normalized spacial score (nSPS) is 15.4. The molecule has 0 bridgehead atoms. The SMILES string of the molecule is CN1CC(SCl)C1.O=COCc1ccccc1. The van der Waals surface area contributed by atoms with E-state index in [1.54, 1.807) is 0 Å². The number of rotatable bonds is 4. The van der Waals surface area contributed by atoms with E-state index in [9.17, 15) is 4.79 Å². The van der Waals surface area contributed by atoms with Crippen LogP contribution in [0.4, 0.5) is 0 Å². The minimum absolute atomic E-state index is 0.365. The molecular formula is C12H16ClNO2S. The standard InChI is InChI=1S/C8H8O2.C4H8ClNS/c9-7-10-6-8-4-2-1-3-5-8;1-6-2-4(3-6)7-5/h1-5,7H,6H2;4H,2-3H2,1H3. The third-order valence-corrected chi connectivity index (χ3v) is 3.62.